The van der Waals surface area contributed by atoms with Crippen LogP contribution >= 0.6 is 0 Å². The summed E-state index contributed by atoms with van der Waals surface area (Å²) in [6.45, 7) is 5.66. The smallest absolute Gasteiger partial charge is 0.262 e. The number of carbonyl (C=O) groups is 1. The maximum Gasteiger partial charge on any atom is 0.262 e. The highest BCUT2D eigenvalue weighted by Gasteiger charge is 2.42. The lowest BCUT2D eigenvalue weighted by molar-refractivity contribution is -0.150. The number of hydrogen-bond acceptors (Lipinski definition) is 2. The summed E-state index contributed by atoms with van der Waals surface area (Å²) in [5.74, 6) is -0.636. The van der Waals surface area contributed by atoms with E-state index in [1.807, 2.05) is 30.3 Å². The fourth-order valence-corrected chi connectivity index (χ4v) is 2.18. The predicted molar refractivity (Wildman–Crippen MR) is 78.2 cm³/mol. The Labute approximate surface area is 120 Å². The quantitative estimate of drug-likeness (QED) is 0.834. The SMILES string of the molecule is CCN(CC)C(=O)[C@](C)(F)[C@@H](O)CCc1ccccc1. The minimum Gasteiger partial charge on any atom is -0.389 e. The molecule has 0 spiro atoms. The van der Waals surface area contributed by atoms with Crippen LogP contribution in [-0.4, -0.2) is 40.8 Å². The third-order valence-electron chi connectivity index (χ3n) is 3.64. The van der Waals surface area contributed by atoms with E-state index in [0.717, 1.165) is 5.56 Å². The molecule has 0 unspecified atom stereocenters. The molecule has 0 fully saturated rings. The van der Waals surface area contributed by atoms with Gasteiger partial charge in [0.25, 0.3) is 5.91 Å². The number of alkyl halides is 1. The van der Waals surface area contributed by atoms with Crippen molar-refractivity contribution in [3.63, 3.8) is 0 Å². The van der Waals surface area contributed by atoms with Crippen molar-refractivity contribution in [1.29, 1.82) is 0 Å². The van der Waals surface area contributed by atoms with Crippen molar-refractivity contribution in [2.75, 3.05) is 13.1 Å². The van der Waals surface area contributed by atoms with Crippen LogP contribution in [0.15, 0.2) is 30.3 Å². The van der Waals surface area contributed by atoms with Gasteiger partial charge in [-0.1, -0.05) is 30.3 Å². The maximum atomic E-state index is 14.6. The highest BCUT2D eigenvalue weighted by atomic mass is 19.1. The first-order valence-electron chi connectivity index (χ1n) is 7.13. The Morgan fingerprint density at radius 3 is 2.35 bits per heavy atom. The Bertz CT molecular complexity index is 416. The van der Waals surface area contributed by atoms with Crippen LogP contribution < -0.4 is 0 Å². The highest BCUT2D eigenvalue weighted by Crippen LogP contribution is 2.23. The maximum absolute atomic E-state index is 14.6. The number of aliphatic hydroxyl groups is 1. The van der Waals surface area contributed by atoms with Crippen LogP contribution in [0.2, 0.25) is 0 Å². The Hall–Kier alpha value is -1.42. The van der Waals surface area contributed by atoms with E-state index in [1.54, 1.807) is 13.8 Å². The number of rotatable bonds is 7. The molecule has 0 radical (unpaired) electrons. The summed E-state index contributed by atoms with van der Waals surface area (Å²) in [4.78, 5) is 13.5. The monoisotopic (exact) mass is 281 g/mol. The first-order valence-corrected chi connectivity index (χ1v) is 7.13. The van der Waals surface area contributed by atoms with Gasteiger partial charge < -0.3 is 10.0 Å². The van der Waals surface area contributed by atoms with Crippen LogP contribution in [0.3, 0.4) is 0 Å². The summed E-state index contributed by atoms with van der Waals surface area (Å²) < 4.78 is 14.6. The van der Waals surface area contributed by atoms with E-state index in [2.05, 4.69) is 0 Å². The van der Waals surface area contributed by atoms with E-state index in [-0.39, 0.29) is 6.42 Å². The van der Waals surface area contributed by atoms with Crippen molar-refractivity contribution in [1.82, 2.24) is 4.90 Å². The van der Waals surface area contributed by atoms with Crippen LogP contribution in [0.4, 0.5) is 4.39 Å². The molecule has 0 aromatic heterocycles. The molecule has 1 aromatic carbocycles. The summed E-state index contributed by atoms with van der Waals surface area (Å²) in [5, 5.41) is 10.0. The first kappa shape index (κ1) is 16.6. The van der Waals surface area contributed by atoms with Crippen molar-refractivity contribution < 1.29 is 14.3 Å². The third-order valence-corrected chi connectivity index (χ3v) is 3.64. The van der Waals surface area contributed by atoms with Gasteiger partial charge in [-0.3, -0.25) is 4.79 Å². The summed E-state index contributed by atoms with van der Waals surface area (Å²) in [6.07, 6.45) is -0.521. The molecule has 0 aliphatic rings. The van der Waals surface area contributed by atoms with Gasteiger partial charge in [0.05, 0.1) is 6.10 Å². The topological polar surface area (TPSA) is 40.5 Å². The van der Waals surface area contributed by atoms with Gasteiger partial charge in [-0.05, 0) is 39.2 Å². The normalized spacial score (nSPS) is 15.4. The Balaban J connectivity index is 2.64. The van der Waals surface area contributed by atoms with Crippen molar-refractivity contribution in [2.24, 2.45) is 0 Å². The molecule has 0 bridgehead atoms. The summed E-state index contributed by atoms with van der Waals surface area (Å²) in [6, 6.07) is 9.56. The second-order valence-electron chi connectivity index (χ2n) is 5.09. The molecule has 0 aliphatic carbocycles. The molecule has 0 saturated carbocycles. The zero-order valence-electron chi connectivity index (χ0n) is 12.5. The Morgan fingerprint density at radius 2 is 1.85 bits per heavy atom. The average molecular weight is 281 g/mol. The first-order chi connectivity index (χ1) is 9.43. The van der Waals surface area contributed by atoms with Gasteiger partial charge in [0.15, 0.2) is 0 Å². The molecule has 0 heterocycles. The van der Waals surface area contributed by atoms with Crippen LogP contribution in [0, 0.1) is 0 Å². The predicted octanol–water partition coefficient (Wildman–Crippen LogP) is 2.58. The van der Waals surface area contributed by atoms with Crippen molar-refractivity contribution >= 4 is 5.91 Å². The van der Waals surface area contributed by atoms with E-state index in [9.17, 15) is 14.3 Å². The molecular weight excluding hydrogens is 257 g/mol. The second kappa shape index (κ2) is 7.39. The van der Waals surface area contributed by atoms with E-state index in [4.69, 9.17) is 0 Å². The number of halogens is 1. The van der Waals surface area contributed by atoms with Crippen LogP contribution in [0.25, 0.3) is 0 Å². The lowest BCUT2D eigenvalue weighted by atomic mass is 9.93. The zero-order chi connectivity index (χ0) is 15.2. The van der Waals surface area contributed by atoms with Crippen LogP contribution in [0.5, 0.6) is 0 Å². The average Bonchev–Trinajstić information content (AvgIpc) is 2.46. The minimum absolute atomic E-state index is 0.226. The number of benzene rings is 1. The van der Waals surface area contributed by atoms with Gasteiger partial charge in [0.2, 0.25) is 5.67 Å². The van der Waals surface area contributed by atoms with Crippen molar-refractivity contribution in [3.05, 3.63) is 35.9 Å². The Kier molecular flexibility index (Phi) is 6.14. The number of nitrogens with zero attached hydrogens (tertiary/aromatic N) is 1. The van der Waals surface area contributed by atoms with Crippen molar-refractivity contribution in [2.45, 2.75) is 45.4 Å². The fourth-order valence-electron chi connectivity index (χ4n) is 2.18. The van der Waals surface area contributed by atoms with E-state index in [0.29, 0.717) is 19.5 Å². The molecular formula is C16H24FNO2. The number of aryl methyl sites for hydroxylation is 1. The van der Waals surface area contributed by atoms with Crippen LogP contribution in [0.1, 0.15) is 32.8 Å². The van der Waals surface area contributed by atoms with Gasteiger partial charge in [0, 0.05) is 13.1 Å². The van der Waals surface area contributed by atoms with Crippen LogP contribution in [-0.2, 0) is 11.2 Å². The van der Waals surface area contributed by atoms with E-state index < -0.39 is 17.7 Å². The molecule has 1 aromatic rings. The zero-order valence-corrected chi connectivity index (χ0v) is 12.5. The Morgan fingerprint density at radius 1 is 1.30 bits per heavy atom. The summed E-state index contributed by atoms with van der Waals surface area (Å²) >= 11 is 0. The van der Waals surface area contributed by atoms with E-state index >= 15 is 0 Å². The molecule has 1 amide bonds. The van der Waals surface area contributed by atoms with E-state index in [1.165, 1.54) is 11.8 Å². The molecule has 20 heavy (non-hydrogen) atoms. The summed E-state index contributed by atoms with van der Waals surface area (Å²) in [5.41, 5.74) is -1.21. The third kappa shape index (κ3) is 4.04. The minimum atomic E-state index is -2.24. The number of hydrogen-bond donors (Lipinski definition) is 1. The molecule has 1 N–H and O–H groups in total. The molecule has 4 heteroatoms. The number of aliphatic hydroxyl groups excluding tert-OH is 1. The molecule has 112 valence electrons. The molecule has 0 aliphatic heterocycles. The second-order valence-corrected chi connectivity index (χ2v) is 5.09. The summed E-state index contributed by atoms with van der Waals surface area (Å²) in [7, 11) is 0. The largest absolute Gasteiger partial charge is 0.389 e. The molecule has 3 nitrogen and oxygen atoms in total. The molecule has 1 rings (SSSR count). The van der Waals surface area contributed by atoms with Crippen molar-refractivity contribution in [3.8, 4) is 0 Å². The van der Waals surface area contributed by atoms with Gasteiger partial charge in [0.1, 0.15) is 0 Å². The van der Waals surface area contributed by atoms with Gasteiger partial charge in [-0.25, -0.2) is 4.39 Å². The molecule has 2 atom stereocenters. The lowest BCUT2D eigenvalue weighted by Gasteiger charge is -2.31. The fraction of sp³-hybridized carbons (Fsp3) is 0.562. The number of carbonyl (C=O) groups excluding carboxylic acids is 1. The standard InChI is InChI=1S/C16H24FNO2/c1-4-18(5-2)15(20)16(3,17)14(19)12-11-13-9-7-6-8-10-13/h6-10,14,19H,4-5,11-12H2,1-3H3/t14-,16+/m0/s1. The highest BCUT2D eigenvalue weighted by molar-refractivity contribution is 5.85. The molecule has 0 saturated heterocycles. The van der Waals surface area contributed by atoms with Gasteiger partial charge in [-0.15, -0.1) is 0 Å². The lowest BCUT2D eigenvalue weighted by Crippen LogP contribution is -2.51. The van der Waals surface area contributed by atoms with Gasteiger partial charge >= 0.3 is 0 Å². The number of amides is 1. The van der Waals surface area contributed by atoms with Gasteiger partial charge in [-0.2, -0.15) is 0 Å².